The second kappa shape index (κ2) is 4.18. The third-order valence-corrected chi connectivity index (χ3v) is 5.72. The summed E-state index contributed by atoms with van der Waals surface area (Å²) in [6.45, 7) is 0. The number of benzene rings is 1. The molecule has 66 valence electrons. The predicted octanol–water partition coefficient (Wildman–Crippen LogP) is 3.67. The van der Waals surface area contributed by atoms with Crippen LogP contribution in [0.2, 0.25) is 5.02 Å². The van der Waals surface area contributed by atoms with Crippen molar-refractivity contribution in [3.63, 3.8) is 0 Å². The predicted molar refractivity (Wildman–Crippen MR) is 66.5 cm³/mol. The van der Waals surface area contributed by atoms with E-state index in [1.54, 1.807) is 0 Å². The Morgan fingerprint density at radius 2 is 1.77 bits per heavy atom. The molecule has 0 saturated carbocycles. The summed E-state index contributed by atoms with van der Waals surface area (Å²) in [5.74, 6) is 0. The molecule has 2 aromatic rings. The summed E-state index contributed by atoms with van der Waals surface area (Å²) in [5.41, 5.74) is 1.30. The van der Waals surface area contributed by atoms with Gasteiger partial charge in [-0.2, -0.15) is 0 Å². The zero-order valence-corrected chi connectivity index (χ0v) is 11.3. The zero-order chi connectivity index (χ0) is 9.26. The number of rotatable bonds is 1. The molecule has 2 rings (SSSR count). The molecule has 0 amide bonds. The van der Waals surface area contributed by atoms with Gasteiger partial charge in [-0.05, 0) is 0 Å². The van der Waals surface area contributed by atoms with Crippen molar-refractivity contribution in [1.29, 1.82) is 0 Å². The van der Waals surface area contributed by atoms with E-state index in [2.05, 4.69) is 45.7 Å². The maximum absolute atomic E-state index is 5.83. The number of hydrogen-bond donors (Lipinski definition) is 0. The van der Waals surface area contributed by atoms with Gasteiger partial charge in [-0.15, -0.1) is 0 Å². The van der Waals surface area contributed by atoms with Crippen molar-refractivity contribution in [3.8, 4) is 10.0 Å². The zero-order valence-electron chi connectivity index (χ0n) is 6.63. The van der Waals surface area contributed by atoms with Gasteiger partial charge in [0.2, 0.25) is 0 Å². The molecule has 0 radical (unpaired) electrons. The normalized spacial score (nSPS) is 10.3. The van der Waals surface area contributed by atoms with Crippen LogP contribution in [0.3, 0.4) is 0 Å². The molecule has 0 atom stereocenters. The molecule has 0 nitrogen and oxygen atoms in total. The van der Waals surface area contributed by atoms with E-state index >= 15 is 0 Å². The van der Waals surface area contributed by atoms with Crippen LogP contribution in [0.1, 0.15) is 0 Å². The van der Waals surface area contributed by atoms with Crippen molar-refractivity contribution in [2.75, 3.05) is 0 Å². The van der Waals surface area contributed by atoms with Crippen molar-refractivity contribution in [2.45, 2.75) is 0 Å². The molecule has 1 heterocycles. The minimum absolute atomic E-state index is 0.504. The Kier molecular flexibility index (Phi) is 3.14. The average Bonchev–Trinajstić information content (AvgIpc) is 2.53. The molecule has 3 heteroatoms. The molecule has 1 aromatic heterocycles. The summed E-state index contributed by atoms with van der Waals surface area (Å²) in [7, 11) is 0. The molecular formula is C10H6ClISe. The van der Waals surface area contributed by atoms with E-state index in [1.807, 2.05) is 12.1 Å². The monoisotopic (exact) mass is 368 g/mol. The average molecular weight is 367 g/mol. The first-order valence-electron chi connectivity index (χ1n) is 3.76. The Morgan fingerprint density at radius 3 is 2.31 bits per heavy atom. The van der Waals surface area contributed by atoms with Gasteiger partial charge < -0.3 is 0 Å². The molecule has 0 saturated heterocycles. The van der Waals surface area contributed by atoms with Crippen molar-refractivity contribution in [2.24, 2.45) is 0 Å². The van der Waals surface area contributed by atoms with Gasteiger partial charge in [0.1, 0.15) is 0 Å². The molecule has 0 fully saturated rings. The SMILES string of the molecule is Clc1ccc(-c2[se]ccc2I)cc1. The van der Waals surface area contributed by atoms with Crippen LogP contribution in [0, 0.1) is 3.57 Å². The first-order valence-corrected chi connectivity index (χ1v) is 7.06. The number of hydrogen-bond acceptors (Lipinski definition) is 0. The molecule has 0 aliphatic rings. The van der Waals surface area contributed by atoms with Gasteiger partial charge in [0.05, 0.1) is 0 Å². The van der Waals surface area contributed by atoms with Gasteiger partial charge in [-0.3, -0.25) is 0 Å². The molecule has 0 unspecified atom stereocenters. The van der Waals surface area contributed by atoms with Crippen molar-refractivity contribution >= 4 is 48.7 Å². The van der Waals surface area contributed by atoms with Crippen molar-refractivity contribution in [1.82, 2.24) is 0 Å². The Balaban J connectivity index is 2.47. The Hall–Kier alpha value is 0.239. The van der Waals surface area contributed by atoms with Crippen LogP contribution < -0.4 is 0 Å². The minimum atomic E-state index is 0.504. The molecule has 0 aliphatic carbocycles. The van der Waals surface area contributed by atoms with Crippen LogP contribution in [-0.2, 0) is 0 Å². The second-order valence-electron chi connectivity index (χ2n) is 2.60. The second-order valence-corrected chi connectivity index (χ2v) is 6.13. The van der Waals surface area contributed by atoms with Crippen LogP contribution >= 0.6 is 34.2 Å². The van der Waals surface area contributed by atoms with Gasteiger partial charge >= 0.3 is 103 Å². The van der Waals surface area contributed by atoms with Gasteiger partial charge in [0, 0.05) is 0 Å². The first-order chi connectivity index (χ1) is 6.27. The van der Waals surface area contributed by atoms with E-state index in [-0.39, 0.29) is 0 Å². The van der Waals surface area contributed by atoms with E-state index in [0.717, 1.165) is 5.02 Å². The third kappa shape index (κ3) is 2.18. The quantitative estimate of drug-likeness (QED) is 0.533. The van der Waals surface area contributed by atoms with Gasteiger partial charge in [-0.25, -0.2) is 0 Å². The molecule has 0 aliphatic heterocycles. The molecule has 1 aromatic carbocycles. The molecule has 0 bridgehead atoms. The summed E-state index contributed by atoms with van der Waals surface area (Å²) >= 11 is 8.71. The Bertz CT molecular complexity index is 405. The fourth-order valence-electron chi connectivity index (χ4n) is 1.10. The molecule has 0 spiro atoms. The van der Waals surface area contributed by atoms with Crippen LogP contribution in [0.4, 0.5) is 0 Å². The van der Waals surface area contributed by atoms with E-state index < -0.39 is 0 Å². The summed E-state index contributed by atoms with van der Waals surface area (Å²) in [5, 5.41) is 0.804. The fourth-order valence-corrected chi connectivity index (χ4v) is 4.59. The number of halogens is 2. The third-order valence-electron chi connectivity index (χ3n) is 1.72. The summed E-state index contributed by atoms with van der Waals surface area (Å²) < 4.78 is 2.82. The van der Waals surface area contributed by atoms with Crippen molar-refractivity contribution < 1.29 is 0 Å². The van der Waals surface area contributed by atoms with E-state index in [1.165, 1.54) is 13.6 Å². The van der Waals surface area contributed by atoms with E-state index in [4.69, 9.17) is 11.6 Å². The maximum atomic E-state index is 5.83. The molecule has 13 heavy (non-hydrogen) atoms. The van der Waals surface area contributed by atoms with E-state index in [0.29, 0.717) is 14.5 Å². The summed E-state index contributed by atoms with van der Waals surface area (Å²) in [6, 6.07) is 10.3. The summed E-state index contributed by atoms with van der Waals surface area (Å²) in [6.07, 6.45) is 0. The van der Waals surface area contributed by atoms with Crippen LogP contribution in [0.15, 0.2) is 35.3 Å². The van der Waals surface area contributed by atoms with E-state index in [9.17, 15) is 0 Å². The Labute approximate surface area is 102 Å². The van der Waals surface area contributed by atoms with Crippen molar-refractivity contribution in [3.05, 3.63) is 43.9 Å². The summed E-state index contributed by atoms with van der Waals surface area (Å²) in [4.78, 5) is 2.25. The van der Waals surface area contributed by atoms with Gasteiger partial charge in [-0.1, -0.05) is 0 Å². The fraction of sp³-hybridized carbons (Fsp3) is 0. The van der Waals surface area contributed by atoms with Gasteiger partial charge in [0.15, 0.2) is 0 Å². The van der Waals surface area contributed by atoms with Gasteiger partial charge in [0.25, 0.3) is 0 Å². The van der Waals surface area contributed by atoms with Crippen LogP contribution in [-0.4, -0.2) is 14.5 Å². The first kappa shape index (κ1) is 9.78. The molecule has 0 N–H and O–H groups in total. The Morgan fingerprint density at radius 1 is 1.08 bits per heavy atom. The molecular weight excluding hydrogens is 361 g/mol. The topological polar surface area (TPSA) is 0 Å². The van der Waals surface area contributed by atoms with Crippen LogP contribution in [0.5, 0.6) is 0 Å². The van der Waals surface area contributed by atoms with Crippen LogP contribution in [0.25, 0.3) is 10.0 Å². The standard InChI is InChI=1S/C10H6ClISe/c11-8-3-1-7(2-4-8)10-9(12)5-6-13-10/h1-6H.